The molecule has 2 N–H and O–H groups in total. The first-order valence-electron chi connectivity index (χ1n) is 6.65. The van der Waals surface area contributed by atoms with Crippen molar-refractivity contribution < 1.29 is 0 Å². The lowest BCUT2D eigenvalue weighted by atomic mass is 10.1. The van der Waals surface area contributed by atoms with Gasteiger partial charge in [0.1, 0.15) is 10.8 Å². The second kappa shape index (κ2) is 6.37. The van der Waals surface area contributed by atoms with Crippen molar-refractivity contribution in [3.63, 3.8) is 0 Å². The van der Waals surface area contributed by atoms with Crippen LogP contribution in [0.4, 0.5) is 0 Å². The molecule has 0 saturated heterocycles. The van der Waals surface area contributed by atoms with Crippen LogP contribution in [0.5, 0.6) is 0 Å². The number of benzene rings is 1. The van der Waals surface area contributed by atoms with Gasteiger partial charge in [-0.2, -0.15) is 0 Å². The van der Waals surface area contributed by atoms with Crippen molar-refractivity contribution in [1.82, 2.24) is 14.5 Å². The van der Waals surface area contributed by atoms with E-state index in [4.69, 9.17) is 18.0 Å². The molecule has 0 spiro atoms. The van der Waals surface area contributed by atoms with Gasteiger partial charge in [0, 0.05) is 46.9 Å². The van der Waals surface area contributed by atoms with Crippen LogP contribution in [0.25, 0.3) is 11.4 Å². The minimum atomic E-state index is 0.404. The molecule has 0 bridgehead atoms. The molecular weight excluding hydrogens is 360 g/mol. The Kier molecular flexibility index (Phi) is 4.31. The molecule has 0 unspecified atom stereocenters. The van der Waals surface area contributed by atoms with Crippen molar-refractivity contribution in [3.8, 4) is 11.4 Å². The summed E-state index contributed by atoms with van der Waals surface area (Å²) in [7, 11) is 0. The molecule has 0 saturated carbocycles. The molecule has 3 aromatic rings. The number of nitrogens with two attached hydrogens (primary N) is 1. The van der Waals surface area contributed by atoms with Gasteiger partial charge in [-0.3, -0.25) is 4.98 Å². The van der Waals surface area contributed by atoms with E-state index in [1.54, 1.807) is 18.6 Å². The van der Waals surface area contributed by atoms with E-state index in [9.17, 15) is 0 Å². The maximum Gasteiger partial charge on any atom is 0.141 e. The van der Waals surface area contributed by atoms with E-state index < -0.39 is 0 Å². The lowest BCUT2D eigenvalue weighted by molar-refractivity contribution is 0.805. The van der Waals surface area contributed by atoms with E-state index >= 15 is 0 Å². The Hall–Kier alpha value is -2.05. The summed E-state index contributed by atoms with van der Waals surface area (Å²) >= 11 is 8.56. The Morgan fingerprint density at radius 2 is 2.09 bits per heavy atom. The third-order valence-electron chi connectivity index (χ3n) is 3.30. The molecule has 0 atom stereocenters. The van der Waals surface area contributed by atoms with Gasteiger partial charge in [-0.1, -0.05) is 36.5 Å². The Morgan fingerprint density at radius 1 is 1.27 bits per heavy atom. The molecule has 0 aliphatic rings. The van der Waals surface area contributed by atoms with Crippen molar-refractivity contribution in [2.24, 2.45) is 5.73 Å². The molecule has 22 heavy (non-hydrogen) atoms. The Bertz CT molecular complexity index is 828. The van der Waals surface area contributed by atoms with Crippen molar-refractivity contribution in [1.29, 1.82) is 0 Å². The molecule has 0 amide bonds. The largest absolute Gasteiger partial charge is 0.389 e. The SMILES string of the molecule is NC(=S)c1ccccc1Cn1ccnc1-c1cncc(Br)c1. The number of hydrogen-bond acceptors (Lipinski definition) is 3. The monoisotopic (exact) mass is 372 g/mol. The molecule has 0 aliphatic heterocycles. The Balaban J connectivity index is 1.99. The smallest absolute Gasteiger partial charge is 0.141 e. The highest BCUT2D eigenvalue weighted by molar-refractivity contribution is 9.10. The third kappa shape index (κ3) is 3.08. The molecular formula is C16H13BrN4S. The second-order valence-electron chi connectivity index (χ2n) is 4.79. The average Bonchev–Trinajstić information content (AvgIpc) is 2.96. The second-order valence-corrected chi connectivity index (χ2v) is 6.15. The maximum absolute atomic E-state index is 5.80. The summed E-state index contributed by atoms with van der Waals surface area (Å²) in [5.41, 5.74) is 8.71. The van der Waals surface area contributed by atoms with Gasteiger partial charge in [0.2, 0.25) is 0 Å². The molecule has 1 aromatic carbocycles. The highest BCUT2D eigenvalue weighted by atomic mass is 79.9. The fraction of sp³-hybridized carbons (Fsp3) is 0.0625. The quantitative estimate of drug-likeness (QED) is 0.713. The van der Waals surface area contributed by atoms with Gasteiger partial charge in [-0.15, -0.1) is 0 Å². The molecule has 3 rings (SSSR count). The van der Waals surface area contributed by atoms with Crippen LogP contribution in [0.2, 0.25) is 0 Å². The van der Waals surface area contributed by atoms with Gasteiger partial charge in [-0.05, 0) is 27.6 Å². The number of thiocarbonyl (C=S) groups is 1. The van der Waals surface area contributed by atoms with Crippen LogP contribution in [-0.2, 0) is 6.54 Å². The van der Waals surface area contributed by atoms with Crippen LogP contribution in [0.3, 0.4) is 0 Å². The normalized spacial score (nSPS) is 10.6. The van der Waals surface area contributed by atoms with Crippen LogP contribution in [-0.4, -0.2) is 19.5 Å². The van der Waals surface area contributed by atoms with Crippen LogP contribution in [0, 0.1) is 0 Å². The number of halogens is 1. The van der Waals surface area contributed by atoms with E-state index in [1.807, 2.05) is 36.5 Å². The summed E-state index contributed by atoms with van der Waals surface area (Å²) in [4.78, 5) is 9.03. The van der Waals surface area contributed by atoms with Gasteiger partial charge in [0.25, 0.3) is 0 Å². The maximum atomic E-state index is 5.80. The lowest BCUT2D eigenvalue weighted by Crippen LogP contribution is -2.14. The van der Waals surface area contributed by atoms with E-state index in [0.717, 1.165) is 27.0 Å². The highest BCUT2D eigenvalue weighted by Gasteiger charge is 2.10. The predicted molar refractivity (Wildman–Crippen MR) is 94.6 cm³/mol. The number of hydrogen-bond donors (Lipinski definition) is 1. The number of imidazole rings is 1. The molecule has 0 aliphatic carbocycles. The minimum Gasteiger partial charge on any atom is -0.389 e. The van der Waals surface area contributed by atoms with Crippen molar-refractivity contribution >= 4 is 33.1 Å². The van der Waals surface area contributed by atoms with E-state index in [-0.39, 0.29) is 0 Å². The van der Waals surface area contributed by atoms with Crippen molar-refractivity contribution in [2.45, 2.75) is 6.54 Å². The zero-order chi connectivity index (χ0) is 15.5. The van der Waals surface area contributed by atoms with Gasteiger partial charge >= 0.3 is 0 Å². The molecule has 6 heteroatoms. The summed E-state index contributed by atoms with van der Waals surface area (Å²) in [6.45, 7) is 0.648. The molecule has 2 aromatic heterocycles. The summed E-state index contributed by atoms with van der Waals surface area (Å²) in [6, 6.07) is 9.87. The Labute approximate surface area is 142 Å². The number of aromatic nitrogens is 3. The number of rotatable bonds is 4. The average molecular weight is 373 g/mol. The summed E-state index contributed by atoms with van der Waals surface area (Å²) in [6.07, 6.45) is 7.26. The van der Waals surface area contributed by atoms with Crippen LogP contribution < -0.4 is 5.73 Å². The standard InChI is InChI=1S/C16H13BrN4S/c17-13-7-12(8-19-9-13)16-20-5-6-21(16)10-11-3-1-2-4-14(11)15(18)22/h1-9H,10H2,(H2,18,22). The van der Waals surface area contributed by atoms with Crippen molar-refractivity contribution in [2.75, 3.05) is 0 Å². The van der Waals surface area contributed by atoms with E-state index in [2.05, 4.69) is 30.5 Å². The topological polar surface area (TPSA) is 56.7 Å². The predicted octanol–water partition coefficient (Wildman–Crippen LogP) is 3.39. The van der Waals surface area contributed by atoms with Gasteiger partial charge in [-0.25, -0.2) is 4.98 Å². The first-order chi connectivity index (χ1) is 10.6. The minimum absolute atomic E-state index is 0.404. The molecule has 0 fully saturated rings. The molecule has 0 radical (unpaired) electrons. The number of pyridine rings is 1. The molecule has 2 heterocycles. The van der Waals surface area contributed by atoms with Crippen molar-refractivity contribution in [3.05, 3.63) is 70.7 Å². The van der Waals surface area contributed by atoms with Crippen LogP contribution in [0.1, 0.15) is 11.1 Å². The zero-order valence-corrected chi connectivity index (χ0v) is 14.0. The summed E-state index contributed by atoms with van der Waals surface area (Å²) < 4.78 is 2.98. The first-order valence-corrected chi connectivity index (χ1v) is 7.85. The van der Waals surface area contributed by atoms with E-state index in [1.165, 1.54) is 0 Å². The lowest BCUT2D eigenvalue weighted by Gasteiger charge is -2.11. The van der Waals surface area contributed by atoms with Gasteiger partial charge in [0.05, 0.1) is 0 Å². The third-order valence-corrected chi connectivity index (χ3v) is 3.96. The van der Waals surface area contributed by atoms with Crippen LogP contribution in [0.15, 0.2) is 59.6 Å². The highest BCUT2D eigenvalue weighted by Crippen LogP contribution is 2.22. The first kappa shape index (κ1) is 14.9. The molecule has 4 nitrogen and oxygen atoms in total. The Morgan fingerprint density at radius 3 is 2.86 bits per heavy atom. The van der Waals surface area contributed by atoms with Gasteiger partial charge in [0.15, 0.2) is 0 Å². The van der Waals surface area contributed by atoms with Gasteiger partial charge < -0.3 is 10.3 Å². The van der Waals surface area contributed by atoms with E-state index in [0.29, 0.717) is 11.5 Å². The fourth-order valence-electron chi connectivity index (χ4n) is 2.31. The zero-order valence-electron chi connectivity index (χ0n) is 11.6. The summed E-state index contributed by atoms with van der Waals surface area (Å²) in [5.74, 6) is 0.853. The fourth-order valence-corrected chi connectivity index (χ4v) is 2.88. The number of nitrogens with zero attached hydrogens (tertiary/aromatic N) is 3. The summed E-state index contributed by atoms with van der Waals surface area (Å²) in [5, 5.41) is 0. The molecule has 110 valence electrons. The van der Waals surface area contributed by atoms with Crippen LogP contribution >= 0.6 is 28.1 Å².